The highest BCUT2D eigenvalue weighted by atomic mass is 32.1. The van der Waals surface area contributed by atoms with Crippen molar-refractivity contribution >= 4 is 40.7 Å². The van der Waals surface area contributed by atoms with Gasteiger partial charge in [-0.2, -0.15) is 0 Å². The highest BCUT2D eigenvalue weighted by molar-refractivity contribution is 7.13. The van der Waals surface area contributed by atoms with Crippen molar-refractivity contribution in [2.75, 3.05) is 33.0 Å². The normalized spacial score (nSPS) is 21.7. The summed E-state index contributed by atoms with van der Waals surface area (Å²) in [6, 6.07) is 7.71. The lowest BCUT2D eigenvalue weighted by Crippen LogP contribution is -2.57. The molecule has 2 heterocycles. The fourth-order valence-electron chi connectivity index (χ4n) is 4.69. The van der Waals surface area contributed by atoms with Gasteiger partial charge >= 0.3 is 11.8 Å². The van der Waals surface area contributed by atoms with Gasteiger partial charge in [-0.25, -0.2) is 4.98 Å². The zero-order valence-corrected chi connectivity index (χ0v) is 21.6. The van der Waals surface area contributed by atoms with Gasteiger partial charge in [-0.3, -0.25) is 19.2 Å². The average Bonchev–Trinajstić information content (AvgIpc) is 3.28. The maximum atomic E-state index is 13.2. The van der Waals surface area contributed by atoms with Crippen molar-refractivity contribution in [1.29, 1.82) is 0 Å². The van der Waals surface area contributed by atoms with Gasteiger partial charge in [0.05, 0.1) is 11.7 Å². The molecule has 1 aromatic heterocycles. The van der Waals surface area contributed by atoms with Crippen molar-refractivity contribution in [2.24, 2.45) is 5.92 Å². The molecule has 3 atom stereocenters. The number of para-hydroxylation sites is 1. The first-order valence-electron chi connectivity index (χ1n) is 12.1. The molecule has 3 N–H and O–H groups in total. The maximum Gasteiger partial charge on any atom is 0.313 e. The Balaban J connectivity index is 1.46. The monoisotopic (exact) mass is 512 g/mol. The summed E-state index contributed by atoms with van der Waals surface area (Å²) in [5, 5.41) is 8.73. The molecule has 0 radical (unpaired) electrons. The quantitative estimate of drug-likeness (QED) is 0.518. The predicted molar refractivity (Wildman–Crippen MR) is 136 cm³/mol. The minimum atomic E-state index is -0.784. The van der Waals surface area contributed by atoms with Crippen LogP contribution in [-0.2, 0) is 27.3 Å². The van der Waals surface area contributed by atoms with E-state index < -0.39 is 23.9 Å². The fraction of sp³-hybridized carbons (Fsp3) is 0.480. The molecule has 4 amide bonds. The third-order valence-corrected chi connectivity index (χ3v) is 7.71. The van der Waals surface area contributed by atoms with Crippen LogP contribution in [0.1, 0.15) is 39.6 Å². The molecule has 0 unspecified atom stereocenters. The summed E-state index contributed by atoms with van der Waals surface area (Å²) in [5.41, 5.74) is 1.47. The average molecular weight is 513 g/mol. The molecule has 36 heavy (non-hydrogen) atoms. The zero-order valence-electron chi connectivity index (χ0n) is 20.7. The fourth-order valence-corrected chi connectivity index (χ4v) is 5.78. The molecular weight excluding hydrogens is 480 g/mol. The van der Waals surface area contributed by atoms with Crippen LogP contribution in [0.5, 0.6) is 0 Å². The molecule has 1 aliphatic heterocycles. The second-order valence-corrected chi connectivity index (χ2v) is 10.7. The Hall–Kier alpha value is -3.31. The zero-order chi connectivity index (χ0) is 25.8. The number of likely N-dealkylation sites (N-methyl/N-ethyl adjacent to an activating group) is 1. The molecule has 2 aromatic rings. The van der Waals surface area contributed by atoms with E-state index in [2.05, 4.69) is 25.8 Å². The summed E-state index contributed by atoms with van der Waals surface area (Å²) in [7, 11) is 5.44. The van der Waals surface area contributed by atoms with E-state index in [0.29, 0.717) is 30.0 Å². The number of amides is 4. The van der Waals surface area contributed by atoms with Gasteiger partial charge in [-0.05, 0) is 38.4 Å². The van der Waals surface area contributed by atoms with Crippen molar-refractivity contribution in [1.82, 2.24) is 25.4 Å². The van der Waals surface area contributed by atoms with Crippen molar-refractivity contribution in [3.63, 3.8) is 0 Å². The van der Waals surface area contributed by atoms with E-state index in [1.807, 2.05) is 13.1 Å². The number of aromatic nitrogens is 1. The van der Waals surface area contributed by atoms with E-state index in [4.69, 9.17) is 0 Å². The Morgan fingerprint density at radius 3 is 2.50 bits per heavy atom. The van der Waals surface area contributed by atoms with E-state index in [9.17, 15) is 19.2 Å². The number of anilines is 1. The predicted octanol–water partition coefficient (Wildman–Crippen LogP) is 1.24. The van der Waals surface area contributed by atoms with Crippen LogP contribution in [0.4, 0.5) is 5.69 Å². The van der Waals surface area contributed by atoms with Crippen LogP contribution in [0.15, 0.2) is 30.3 Å². The van der Waals surface area contributed by atoms with E-state index in [1.165, 1.54) is 11.3 Å². The third kappa shape index (κ3) is 6.08. The lowest BCUT2D eigenvalue weighted by Gasteiger charge is -2.37. The first-order valence-corrected chi connectivity index (χ1v) is 12.9. The Kier molecular flexibility index (Phi) is 8.00. The minimum absolute atomic E-state index is 0.0198. The van der Waals surface area contributed by atoms with Gasteiger partial charge in [0.2, 0.25) is 5.91 Å². The Bertz CT molecular complexity index is 1130. The van der Waals surface area contributed by atoms with E-state index in [0.717, 1.165) is 30.1 Å². The number of nitrogens with zero attached hydrogens (tertiary/aromatic N) is 3. The van der Waals surface area contributed by atoms with Crippen LogP contribution in [0.3, 0.4) is 0 Å². The molecular formula is C25H32N6O4S. The summed E-state index contributed by atoms with van der Waals surface area (Å²) in [6.45, 7) is 1.66. The highest BCUT2D eigenvalue weighted by Gasteiger charge is 2.37. The highest BCUT2D eigenvalue weighted by Crippen LogP contribution is 2.28. The number of nitrogens with one attached hydrogen (secondary N) is 3. The number of hydrogen-bond donors (Lipinski definition) is 3. The molecule has 4 rings (SSSR count). The maximum absolute atomic E-state index is 13.2. The van der Waals surface area contributed by atoms with Gasteiger partial charge in [-0.15, -0.1) is 11.3 Å². The number of hydrogen-bond acceptors (Lipinski definition) is 7. The second-order valence-electron chi connectivity index (χ2n) is 9.60. The molecule has 10 nitrogen and oxygen atoms in total. The lowest BCUT2D eigenvalue weighted by molar-refractivity contribution is -0.137. The molecule has 192 valence electrons. The van der Waals surface area contributed by atoms with Gasteiger partial charge in [0.1, 0.15) is 0 Å². The third-order valence-electron chi connectivity index (χ3n) is 6.63. The van der Waals surface area contributed by atoms with Crippen molar-refractivity contribution in [2.45, 2.75) is 44.3 Å². The van der Waals surface area contributed by atoms with Crippen LogP contribution in [0, 0.1) is 5.92 Å². The number of rotatable bonds is 5. The molecule has 1 saturated carbocycles. The van der Waals surface area contributed by atoms with Crippen LogP contribution >= 0.6 is 11.3 Å². The molecule has 1 aliphatic carbocycles. The molecule has 1 aromatic carbocycles. The number of fused-ring (bicyclic) bond motifs is 1. The lowest BCUT2D eigenvalue weighted by atomic mass is 9.81. The summed E-state index contributed by atoms with van der Waals surface area (Å²) in [6.07, 6.45) is 2.17. The van der Waals surface area contributed by atoms with E-state index >= 15 is 0 Å². The van der Waals surface area contributed by atoms with Crippen molar-refractivity contribution in [3.05, 3.63) is 45.9 Å². The Labute approximate surface area is 214 Å². The summed E-state index contributed by atoms with van der Waals surface area (Å²) < 4.78 is 0. The molecule has 2 aliphatic rings. The topological polar surface area (TPSA) is 124 Å². The van der Waals surface area contributed by atoms with E-state index in [-0.39, 0.29) is 17.7 Å². The molecule has 11 heteroatoms. The standard InChI is InChI=1S/C25H32N6O4S/c1-30(2)25(35)15-9-10-17(27-22(33)21(32)26-16-7-5-4-6-8-16)19(13-15)28-23(34)24-29-18-11-12-31(3)14-20(18)36-24/h4-8,15,17,19H,9-14H2,1-3H3,(H,26,32)(H,27,33)(H,28,34)/t15-,17-,19+/m0/s1. The number of carbonyl (C=O) groups excluding carboxylic acids is 4. The first kappa shape index (κ1) is 25.8. The van der Waals surface area contributed by atoms with Gasteiger partial charge in [0.25, 0.3) is 5.91 Å². The second kappa shape index (κ2) is 11.2. The van der Waals surface area contributed by atoms with Crippen molar-refractivity contribution in [3.8, 4) is 0 Å². The van der Waals surface area contributed by atoms with Gasteiger partial charge < -0.3 is 25.8 Å². The SMILES string of the molecule is CN1CCc2nc(C(=O)N[C@@H]3C[C@@H](C(=O)N(C)C)CC[C@@H]3NC(=O)C(=O)Nc3ccccc3)sc2C1. The van der Waals surface area contributed by atoms with Crippen LogP contribution in [0.25, 0.3) is 0 Å². The van der Waals surface area contributed by atoms with Gasteiger partial charge in [-0.1, -0.05) is 18.2 Å². The Morgan fingerprint density at radius 2 is 1.78 bits per heavy atom. The smallest absolute Gasteiger partial charge is 0.313 e. The van der Waals surface area contributed by atoms with Crippen LogP contribution < -0.4 is 16.0 Å². The minimum Gasteiger partial charge on any atom is -0.349 e. The number of benzene rings is 1. The summed E-state index contributed by atoms with van der Waals surface area (Å²) in [5.74, 6) is -2.20. The van der Waals surface area contributed by atoms with Crippen molar-refractivity contribution < 1.29 is 19.2 Å². The number of carbonyl (C=O) groups is 4. The molecule has 0 bridgehead atoms. The first-order chi connectivity index (χ1) is 17.2. The number of thiazole rings is 1. The van der Waals surface area contributed by atoms with Crippen LogP contribution in [0.2, 0.25) is 0 Å². The molecule has 0 saturated heterocycles. The van der Waals surface area contributed by atoms with Crippen LogP contribution in [-0.4, -0.2) is 78.2 Å². The molecule has 1 fully saturated rings. The molecule has 0 spiro atoms. The summed E-state index contributed by atoms with van der Waals surface area (Å²) in [4.78, 5) is 60.3. The van der Waals surface area contributed by atoms with Gasteiger partial charge in [0, 0.05) is 56.1 Å². The summed E-state index contributed by atoms with van der Waals surface area (Å²) >= 11 is 1.38. The Morgan fingerprint density at radius 1 is 1.03 bits per heavy atom. The largest absolute Gasteiger partial charge is 0.349 e. The van der Waals surface area contributed by atoms with Gasteiger partial charge in [0.15, 0.2) is 5.01 Å². The van der Waals surface area contributed by atoms with E-state index in [1.54, 1.807) is 43.3 Å².